The van der Waals surface area contributed by atoms with Gasteiger partial charge in [0.2, 0.25) is 0 Å². The lowest BCUT2D eigenvalue weighted by Gasteiger charge is -2.26. The number of carbonyl (C=O) groups excluding carboxylic acids is 1. The average Bonchev–Trinajstić information content (AvgIpc) is 3.08. The number of para-hydroxylation sites is 2. The summed E-state index contributed by atoms with van der Waals surface area (Å²) in [5.74, 6) is 1.35. The summed E-state index contributed by atoms with van der Waals surface area (Å²) in [5.41, 5.74) is 2.24. The summed E-state index contributed by atoms with van der Waals surface area (Å²) in [6.45, 7) is 2.91. The van der Waals surface area contributed by atoms with Gasteiger partial charge in [-0.2, -0.15) is 5.10 Å². The van der Waals surface area contributed by atoms with Crippen LogP contribution in [0.15, 0.2) is 60.9 Å². The molecule has 4 rings (SSSR count). The molecule has 0 saturated heterocycles. The molecular formula is C20H19N3O3. The first-order chi connectivity index (χ1) is 12.7. The van der Waals surface area contributed by atoms with E-state index in [1.165, 1.54) is 0 Å². The second kappa shape index (κ2) is 6.92. The third kappa shape index (κ3) is 3.39. The molecule has 3 aromatic rings. The van der Waals surface area contributed by atoms with Gasteiger partial charge in [-0.25, -0.2) is 0 Å². The molecule has 0 bridgehead atoms. The van der Waals surface area contributed by atoms with Crippen LogP contribution in [0.2, 0.25) is 0 Å². The second-order valence-electron chi connectivity index (χ2n) is 6.22. The molecule has 6 heteroatoms. The van der Waals surface area contributed by atoms with Gasteiger partial charge in [0.25, 0.3) is 5.91 Å². The molecule has 1 aliphatic heterocycles. The zero-order valence-corrected chi connectivity index (χ0v) is 14.4. The topological polar surface area (TPSA) is 65.4 Å². The van der Waals surface area contributed by atoms with Crippen molar-refractivity contribution in [2.45, 2.75) is 19.6 Å². The fraction of sp³-hybridized carbons (Fsp3) is 0.200. The number of rotatable bonds is 4. The van der Waals surface area contributed by atoms with Gasteiger partial charge in [-0.05, 0) is 30.7 Å². The minimum atomic E-state index is -0.145. The number of nitrogens with one attached hydrogen (secondary N) is 1. The van der Waals surface area contributed by atoms with E-state index in [2.05, 4.69) is 10.4 Å². The van der Waals surface area contributed by atoms with Crippen LogP contribution in [-0.4, -0.2) is 28.4 Å². The predicted molar refractivity (Wildman–Crippen MR) is 97.7 cm³/mol. The summed E-state index contributed by atoms with van der Waals surface area (Å²) in [5, 5.41) is 7.18. The molecule has 6 nitrogen and oxygen atoms in total. The van der Waals surface area contributed by atoms with Gasteiger partial charge in [0.05, 0.1) is 18.4 Å². The number of aromatic nitrogens is 2. The number of hydrogen-bond donors (Lipinski definition) is 1. The van der Waals surface area contributed by atoms with Crippen LogP contribution in [0.3, 0.4) is 0 Å². The zero-order valence-electron chi connectivity index (χ0n) is 14.4. The molecule has 0 unspecified atom stereocenters. The summed E-state index contributed by atoms with van der Waals surface area (Å²) in [6, 6.07) is 15.1. The normalized spacial score (nSPS) is 15.5. The van der Waals surface area contributed by atoms with E-state index in [9.17, 15) is 4.79 Å². The van der Waals surface area contributed by atoms with E-state index in [0.717, 1.165) is 17.1 Å². The lowest BCUT2D eigenvalue weighted by molar-refractivity contribution is 0.0759. The van der Waals surface area contributed by atoms with Gasteiger partial charge >= 0.3 is 0 Å². The van der Waals surface area contributed by atoms with Crippen molar-refractivity contribution >= 4 is 11.6 Å². The lowest BCUT2D eigenvalue weighted by atomic mass is 10.1. The van der Waals surface area contributed by atoms with Crippen LogP contribution in [0.1, 0.15) is 15.9 Å². The minimum Gasteiger partial charge on any atom is -0.486 e. The number of aryl methyl sites for hydroxylation is 1. The van der Waals surface area contributed by atoms with Gasteiger partial charge in [0.15, 0.2) is 17.6 Å². The van der Waals surface area contributed by atoms with Crippen molar-refractivity contribution in [3.8, 4) is 11.5 Å². The van der Waals surface area contributed by atoms with Crippen LogP contribution in [0.5, 0.6) is 11.5 Å². The number of amides is 1. The molecule has 2 aromatic carbocycles. The van der Waals surface area contributed by atoms with Gasteiger partial charge < -0.3 is 14.8 Å². The molecule has 1 N–H and O–H groups in total. The zero-order chi connectivity index (χ0) is 17.9. The molecule has 1 aliphatic rings. The van der Waals surface area contributed by atoms with Crippen molar-refractivity contribution in [2.24, 2.45) is 0 Å². The Hall–Kier alpha value is -3.28. The molecule has 0 radical (unpaired) electrons. The highest BCUT2D eigenvalue weighted by molar-refractivity contribution is 6.05. The maximum absolute atomic E-state index is 12.4. The van der Waals surface area contributed by atoms with Crippen molar-refractivity contribution in [3.63, 3.8) is 0 Å². The monoisotopic (exact) mass is 349 g/mol. The van der Waals surface area contributed by atoms with Crippen LogP contribution in [0.25, 0.3) is 0 Å². The Morgan fingerprint density at radius 1 is 1.19 bits per heavy atom. The van der Waals surface area contributed by atoms with Crippen molar-refractivity contribution in [1.29, 1.82) is 0 Å². The van der Waals surface area contributed by atoms with Gasteiger partial charge in [-0.15, -0.1) is 0 Å². The molecule has 0 aliphatic carbocycles. The SMILES string of the molecule is Cc1ccccc1C(=O)Nc1cnn(C[C@@H]2COc3ccccc3O2)c1. The largest absolute Gasteiger partial charge is 0.486 e. The Morgan fingerprint density at radius 3 is 2.81 bits per heavy atom. The molecule has 2 heterocycles. The van der Waals surface area contributed by atoms with Crippen LogP contribution in [0.4, 0.5) is 5.69 Å². The second-order valence-corrected chi connectivity index (χ2v) is 6.22. The number of nitrogens with zero attached hydrogens (tertiary/aromatic N) is 2. The quantitative estimate of drug-likeness (QED) is 0.785. The fourth-order valence-corrected chi connectivity index (χ4v) is 2.92. The Labute approximate surface area is 151 Å². The summed E-state index contributed by atoms with van der Waals surface area (Å²) >= 11 is 0. The van der Waals surface area contributed by atoms with E-state index in [1.54, 1.807) is 23.1 Å². The molecule has 1 aromatic heterocycles. The Kier molecular flexibility index (Phi) is 4.31. The van der Waals surface area contributed by atoms with Gasteiger partial charge in [0.1, 0.15) is 6.61 Å². The highest BCUT2D eigenvalue weighted by Crippen LogP contribution is 2.31. The van der Waals surface area contributed by atoms with Crippen LogP contribution < -0.4 is 14.8 Å². The number of hydrogen-bond acceptors (Lipinski definition) is 4. The maximum atomic E-state index is 12.4. The first-order valence-corrected chi connectivity index (χ1v) is 8.47. The third-order valence-corrected chi connectivity index (χ3v) is 4.24. The molecule has 0 spiro atoms. The van der Waals surface area contributed by atoms with E-state index in [1.807, 2.05) is 49.4 Å². The van der Waals surface area contributed by atoms with Crippen molar-refractivity contribution < 1.29 is 14.3 Å². The summed E-state index contributed by atoms with van der Waals surface area (Å²) in [7, 11) is 0. The van der Waals surface area contributed by atoms with Crippen molar-refractivity contribution in [3.05, 3.63) is 72.1 Å². The van der Waals surface area contributed by atoms with E-state index in [0.29, 0.717) is 24.4 Å². The molecule has 0 fully saturated rings. The Balaban J connectivity index is 1.40. The molecule has 1 atom stereocenters. The van der Waals surface area contributed by atoms with E-state index >= 15 is 0 Å². The van der Waals surface area contributed by atoms with Crippen LogP contribution >= 0.6 is 0 Å². The minimum absolute atomic E-state index is 0.135. The summed E-state index contributed by atoms with van der Waals surface area (Å²) in [4.78, 5) is 12.4. The van der Waals surface area contributed by atoms with Crippen LogP contribution in [-0.2, 0) is 6.54 Å². The Morgan fingerprint density at radius 2 is 1.96 bits per heavy atom. The summed E-state index contributed by atoms with van der Waals surface area (Å²) < 4.78 is 13.4. The van der Waals surface area contributed by atoms with E-state index < -0.39 is 0 Å². The van der Waals surface area contributed by atoms with Gasteiger partial charge in [-0.1, -0.05) is 30.3 Å². The standard InChI is InChI=1S/C20H19N3O3/c1-14-6-2-3-7-17(14)20(24)22-15-10-21-23(11-15)12-16-13-25-18-8-4-5-9-19(18)26-16/h2-11,16H,12-13H2,1H3,(H,22,24)/t16-/m1/s1. The first-order valence-electron chi connectivity index (χ1n) is 8.47. The average molecular weight is 349 g/mol. The van der Waals surface area contributed by atoms with Crippen molar-refractivity contribution in [1.82, 2.24) is 9.78 Å². The summed E-state index contributed by atoms with van der Waals surface area (Å²) in [6.07, 6.45) is 3.29. The molecule has 26 heavy (non-hydrogen) atoms. The Bertz CT molecular complexity index is 935. The third-order valence-electron chi connectivity index (χ3n) is 4.24. The predicted octanol–water partition coefficient (Wildman–Crippen LogP) is 3.28. The molecule has 0 saturated carbocycles. The number of ether oxygens (including phenoxy) is 2. The van der Waals surface area contributed by atoms with E-state index in [-0.39, 0.29) is 12.0 Å². The van der Waals surface area contributed by atoms with Crippen LogP contribution in [0, 0.1) is 6.92 Å². The highest BCUT2D eigenvalue weighted by Gasteiger charge is 2.21. The fourth-order valence-electron chi connectivity index (χ4n) is 2.92. The molecular weight excluding hydrogens is 330 g/mol. The van der Waals surface area contributed by atoms with E-state index in [4.69, 9.17) is 9.47 Å². The molecule has 132 valence electrons. The van der Waals surface area contributed by atoms with Gasteiger partial charge in [0, 0.05) is 11.8 Å². The number of fused-ring (bicyclic) bond motifs is 1. The lowest BCUT2D eigenvalue weighted by Crippen LogP contribution is -2.33. The first kappa shape index (κ1) is 16.2. The number of benzene rings is 2. The molecule has 1 amide bonds. The highest BCUT2D eigenvalue weighted by atomic mass is 16.6. The van der Waals surface area contributed by atoms with Gasteiger partial charge in [-0.3, -0.25) is 9.48 Å². The smallest absolute Gasteiger partial charge is 0.256 e. The number of anilines is 1. The van der Waals surface area contributed by atoms with Crippen molar-refractivity contribution in [2.75, 3.05) is 11.9 Å². The number of carbonyl (C=O) groups is 1. The maximum Gasteiger partial charge on any atom is 0.256 e.